The zero-order chi connectivity index (χ0) is 13.0. The molecule has 0 saturated carbocycles. The van der Waals surface area contributed by atoms with Crippen LogP contribution in [0.15, 0.2) is 6.20 Å². The highest BCUT2D eigenvalue weighted by Gasteiger charge is 2.21. The SMILES string of the molecule is CCn1cc(C(=O)CC(=O)C(=O)OC)c(C)n1. The number of esters is 1. The predicted molar refractivity (Wildman–Crippen MR) is 58.6 cm³/mol. The number of ketones is 2. The average Bonchev–Trinajstić information content (AvgIpc) is 2.69. The summed E-state index contributed by atoms with van der Waals surface area (Å²) >= 11 is 0. The summed E-state index contributed by atoms with van der Waals surface area (Å²) in [5, 5.41) is 4.09. The minimum Gasteiger partial charge on any atom is -0.463 e. The van der Waals surface area contributed by atoms with E-state index in [4.69, 9.17) is 0 Å². The van der Waals surface area contributed by atoms with Gasteiger partial charge in [0.15, 0.2) is 5.78 Å². The quantitative estimate of drug-likeness (QED) is 0.323. The maximum absolute atomic E-state index is 11.7. The van der Waals surface area contributed by atoms with Crippen molar-refractivity contribution in [3.05, 3.63) is 17.5 Å². The number of ether oxygens (including phenoxy) is 1. The summed E-state index contributed by atoms with van der Waals surface area (Å²) in [6.07, 6.45) is 1.09. The second-order valence-corrected chi connectivity index (χ2v) is 3.50. The molecule has 0 radical (unpaired) electrons. The van der Waals surface area contributed by atoms with Gasteiger partial charge in [0.1, 0.15) is 0 Å². The summed E-state index contributed by atoms with van der Waals surface area (Å²) < 4.78 is 5.85. The molecule has 0 fully saturated rings. The standard InChI is InChI=1S/C11H14N2O4/c1-4-13-6-8(7(2)12-13)9(14)5-10(15)11(16)17-3/h6H,4-5H2,1-3H3. The molecule has 0 unspecified atom stereocenters. The Morgan fingerprint density at radius 3 is 2.53 bits per heavy atom. The lowest BCUT2D eigenvalue weighted by atomic mass is 10.1. The predicted octanol–water partition coefficient (Wildman–Crippen LogP) is 0.526. The van der Waals surface area contributed by atoms with Crippen LogP contribution in [0.4, 0.5) is 0 Å². The Morgan fingerprint density at radius 1 is 1.41 bits per heavy atom. The summed E-state index contributed by atoms with van der Waals surface area (Å²) in [6, 6.07) is 0. The summed E-state index contributed by atoms with van der Waals surface area (Å²) in [4.78, 5) is 33.8. The molecule has 0 bridgehead atoms. The van der Waals surface area contributed by atoms with Crippen LogP contribution in [0, 0.1) is 6.92 Å². The van der Waals surface area contributed by atoms with Gasteiger partial charge in [-0.25, -0.2) is 4.79 Å². The van der Waals surface area contributed by atoms with E-state index in [9.17, 15) is 14.4 Å². The van der Waals surface area contributed by atoms with Gasteiger partial charge in [-0.2, -0.15) is 5.10 Å². The molecule has 0 N–H and O–H groups in total. The highest BCUT2D eigenvalue weighted by atomic mass is 16.5. The van der Waals surface area contributed by atoms with E-state index in [2.05, 4.69) is 9.84 Å². The van der Waals surface area contributed by atoms with Gasteiger partial charge in [0.25, 0.3) is 0 Å². The van der Waals surface area contributed by atoms with Crippen LogP contribution in [-0.2, 0) is 20.9 Å². The van der Waals surface area contributed by atoms with Crippen LogP contribution in [0.3, 0.4) is 0 Å². The zero-order valence-electron chi connectivity index (χ0n) is 10.0. The van der Waals surface area contributed by atoms with Gasteiger partial charge < -0.3 is 4.74 Å². The third kappa shape index (κ3) is 2.99. The molecule has 0 aromatic carbocycles. The number of hydrogen-bond acceptors (Lipinski definition) is 5. The van der Waals surface area contributed by atoms with Crippen molar-refractivity contribution in [1.29, 1.82) is 0 Å². The van der Waals surface area contributed by atoms with Gasteiger partial charge in [-0.05, 0) is 13.8 Å². The first-order valence-electron chi connectivity index (χ1n) is 5.18. The molecule has 1 rings (SSSR count). The lowest BCUT2D eigenvalue weighted by Gasteiger charge is -1.97. The molecule has 6 nitrogen and oxygen atoms in total. The van der Waals surface area contributed by atoms with Crippen molar-refractivity contribution in [2.24, 2.45) is 0 Å². The van der Waals surface area contributed by atoms with Crippen LogP contribution >= 0.6 is 0 Å². The molecule has 0 amide bonds. The van der Waals surface area contributed by atoms with Crippen molar-refractivity contribution < 1.29 is 19.1 Å². The molecule has 17 heavy (non-hydrogen) atoms. The van der Waals surface area contributed by atoms with Gasteiger partial charge in [-0.1, -0.05) is 0 Å². The Balaban J connectivity index is 2.79. The number of Topliss-reactive ketones (excluding diaryl/α,β-unsaturated/α-hetero) is 2. The van der Waals surface area contributed by atoms with E-state index in [1.165, 1.54) is 0 Å². The largest absolute Gasteiger partial charge is 0.463 e. The maximum Gasteiger partial charge on any atom is 0.374 e. The molecule has 1 heterocycles. The molecule has 0 saturated heterocycles. The Labute approximate surface area is 98.6 Å². The van der Waals surface area contributed by atoms with E-state index >= 15 is 0 Å². The number of aryl methyl sites for hydroxylation is 2. The van der Waals surface area contributed by atoms with Gasteiger partial charge in [-0.3, -0.25) is 14.3 Å². The highest BCUT2D eigenvalue weighted by molar-refractivity contribution is 6.38. The molecular weight excluding hydrogens is 224 g/mol. The van der Waals surface area contributed by atoms with Gasteiger partial charge in [-0.15, -0.1) is 0 Å². The molecule has 6 heteroatoms. The molecule has 0 aliphatic carbocycles. The summed E-state index contributed by atoms with van der Waals surface area (Å²) in [6.45, 7) is 4.21. The van der Waals surface area contributed by atoms with Gasteiger partial charge >= 0.3 is 5.97 Å². The molecule has 92 valence electrons. The third-order valence-corrected chi connectivity index (χ3v) is 2.30. The van der Waals surface area contributed by atoms with Gasteiger partial charge in [0, 0.05) is 12.7 Å². The average molecular weight is 238 g/mol. The molecule has 0 aliphatic heterocycles. The van der Waals surface area contributed by atoms with Gasteiger partial charge in [0.2, 0.25) is 5.78 Å². The van der Waals surface area contributed by atoms with Crippen molar-refractivity contribution in [1.82, 2.24) is 9.78 Å². The van der Waals surface area contributed by atoms with Crippen molar-refractivity contribution in [3.63, 3.8) is 0 Å². The summed E-state index contributed by atoms with van der Waals surface area (Å²) in [5.74, 6) is -2.27. The first kappa shape index (κ1) is 13.1. The molecule has 1 aromatic rings. The molecule has 0 atom stereocenters. The van der Waals surface area contributed by atoms with E-state index in [0.29, 0.717) is 17.8 Å². The van der Waals surface area contributed by atoms with Crippen LogP contribution in [-0.4, -0.2) is 34.4 Å². The highest BCUT2D eigenvalue weighted by Crippen LogP contribution is 2.09. The lowest BCUT2D eigenvalue weighted by Crippen LogP contribution is -2.19. The number of nitrogens with zero attached hydrogens (tertiary/aromatic N) is 2. The first-order chi connectivity index (χ1) is 7.99. The first-order valence-corrected chi connectivity index (χ1v) is 5.18. The smallest absolute Gasteiger partial charge is 0.374 e. The second kappa shape index (κ2) is 5.38. The fraction of sp³-hybridized carbons (Fsp3) is 0.455. The minimum atomic E-state index is -1.00. The van der Waals surface area contributed by atoms with Crippen molar-refractivity contribution in [3.8, 4) is 0 Å². The number of carbonyl (C=O) groups is 3. The number of aromatic nitrogens is 2. The maximum atomic E-state index is 11.7. The summed E-state index contributed by atoms with van der Waals surface area (Å²) in [5.41, 5.74) is 0.915. The van der Waals surface area contributed by atoms with E-state index < -0.39 is 24.0 Å². The van der Waals surface area contributed by atoms with Gasteiger partial charge in [0.05, 0.1) is 24.8 Å². The topological polar surface area (TPSA) is 78.3 Å². The Bertz CT molecular complexity index is 462. The van der Waals surface area contributed by atoms with E-state index in [1.54, 1.807) is 17.8 Å². The van der Waals surface area contributed by atoms with Crippen molar-refractivity contribution in [2.75, 3.05) is 7.11 Å². The second-order valence-electron chi connectivity index (χ2n) is 3.50. The Hall–Kier alpha value is -1.98. The fourth-order valence-electron chi connectivity index (χ4n) is 1.38. The summed E-state index contributed by atoms with van der Waals surface area (Å²) in [7, 11) is 1.10. The zero-order valence-corrected chi connectivity index (χ0v) is 10.0. The molecular formula is C11H14N2O4. The number of rotatable bonds is 5. The fourth-order valence-corrected chi connectivity index (χ4v) is 1.38. The van der Waals surface area contributed by atoms with Crippen LogP contribution in [0.25, 0.3) is 0 Å². The van der Waals surface area contributed by atoms with Crippen molar-refractivity contribution in [2.45, 2.75) is 26.8 Å². The normalized spacial score (nSPS) is 10.1. The number of hydrogen-bond donors (Lipinski definition) is 0. The number of carbonyl (C=O) groups excluding carboxylic acids is 3. The van der Waals surface area contributed by atoms with Crippen LogP contribution in [0.2, 0.25) is 0 Å². The monoisotopic (exact) mass is 238 g/mol. The lowest BCUT2D eigenvalue weighted by molar-refractivity contribution is -0.151. The Morgan fingerprint density at radius 2 is 2.06 bits per heavy atom. The van der Waals surface area contributed by atoms with Crippen LogP contribution in [0.1, 0.15) is 29.4 Å². The Kier molecular flexibility index (Phi) is 4.14. The van der Waals surface area contributed by atoms with Crippen LogP contribution in [0.5, 0.6) is 0 Å². The molecule has 0 spiro atoms. The molecule has 1 aromatic heterocycles. The van der Waals surface area contributed by atoms with Crippen molar-refractivity contribution >= 4 is 17.5 Å². The number of methoxy groups -OCH3 is 1. The molecule has 0 aliphatic rings. The van der Waals surface area contributed by atoms with E-state index in [1.807, 2.05) is 6.92 Å². The third-order valence-electron chi connectivity index (χ3n) is 2.30. The van der Waals surface area contributed by atoms with E-state index in [-0.39, 0.29) is 0 Å². The van der Waals surface area contributed by atoms with E-state index in [0.717, 1.165) is 7.11 Å². The van der Waals surface area contributed by atoms with Crippen LogP contribution < -0.4 is 0 Å². The minimum absolute atomic E-state index is 0.365.